The van der Waals surface area contributed by atoms with Crippen molar-refractivity contribution in [3.8, 4) is 16.9 Å². The van der Waals surface area contributed by atoms with Gasteiger partial charge >= 0.3 is 5.97 Å². The minimum atomic E-state index is -1.08. The molecule has 1 aliphatic heterocycles. The Balaban J connectivity index is 0.00000306. The predicted octanol–water partition coefficient (Wildman–Crippen LogP) is 4.09. The van der Waals surface area contributed by atoms with Gasteiger partial charge in [-0.15, -0.1) is 12.4 Å². The Labute approximate surface area is 199 Å². The van der Waals surface area contributed by atoms with Crippen LogP contribution in [0.3, 0.4) is 0 Å². The Morgan fingerprint density at radius 1 is 1.00 bits per heavy atom. The predicted molar refractivity (Wildman–Crippen MR) is 131 cm³/mol. The van der Waals surface area contributed by atoms with Crippen LogP contribution in [0.4, 0.5) is 5.69 Å². The van der Waals surface area contributed by atoms with Crippen molar-refractivity contribution in [2.45, 2.75) is 25.3 Å². The monoisotopic (exact) mass is 466 g/mol. The number of carbonyl (C=O) groups is 2. The largest absolute Gasteiger partial charge is 0.493 e. The van der Waals surface area contributed by atoms with Crippen LogP contribution in [0, 0.1) is 0 Å². The van der Waals surface area contributed by atoms with E-state index in [4.69, 9.17) is 15.6 Å². The first-order chi connectivity index (χ1) is 15.5. The molecule has 1 unspecified atom stereocenters. The van der Waals surface area contributed by atoms with E-state index in [1.807, 2.05) is 36.4 Å². The van der Waals surface area contributed by atoms with Crippen molar-refractivity contribution >= 4 is 30.0 Å². The summed E-state index contributed by atoms with van der Waals surface area (Å²) in [6, 6.07) is 23.3. The van der Waals surface area contributed by atoms with E-state index in [0.29, 0.717) is 18.9 Å². The number of carbonyl (C=O) groups excluding carboxylic acids is 1. The second-order valence-electron chi connectivity index (χ2n) is 7.90. The van der Waals surface area contributed by atoms with E-state index < -0.39 is 12.0 Å². The second-order valence-corrected chi connectivity index (χ2v) is 7.90. The van der Waals surface area contributed by atoms with Crippen LogP contribution in [0.25, 0.3) is 11.1 Å². The summed E-state index contributed by atoms with van der Waals surface area (Å²) in [5.41, 5.74) is 11.1. The number of anilines is 1. The highest BCUT2D eigenvalue weighted by Crippen LogP contribution is 2.32. The fourth-order valence-corrected chi connectivity index (χ4v) is 3.93. The van der Waals surface area contributed by atoms with Gasteiger partial charge in [-0.2, -0.15) is 0 Å². The standard InChI is InChI=1S/C26H26N2O4.ClH/c27-23(17-25(29)30)26(31)28-14-12-21-10-11-22(16-24(21)28)32-15-13-18-6-8-20(9-7-18)19-4-2-1-3-5-19;/h1-11,16,23H,12-15,17,27H2,(H,29,30);1H. The van der Waals surface area contributed by atoms with E-state index in [1.54, 1.807) is 4.90 Å². The molecule has 172 valence electrons. The fraction of sp³-hybridized carbons (Fsp3) is 0.231. The van der Waals surface area contributed by atoms with E-state index in [2.05, 4.69) is 36.4 Å². The third-order valence-electron chi connectivity index (χ3n) is 5.65. The summed E-state index contributed by atoms with van der Waals surface area (Å²) in [7, 11) is 0. The van der Waals surface area contributed by atoms with Crippen LogP contribution in [-0.4, -0.2) is 36.2 Å². The number of nitrogens with two attached hydrogens (primary N) is 1. The maximum absolute atomic E-state index is 12.6. The number of halogens is 1. The van der Waals surface area contributed by atoms with Gasteiger partial charge in [-0.25, -0.2) is 0 Å². The van der Waals surface area contributed by atoms with E-state index in [-0.39, 0.29) is 24.7 Å². The minimum Gasteiger partial charge on any atom is -0.493 e. The van der Waals surface area contributed by atoms with Crippen molar-refractivity contribution in [3.63, 3.8) is 0 Å². The lowest BCUT2D eigenvalue weighted by molar-refractivity contribution is -0.139. The van der Waals surface area contributed by atoms with Gasteiger partial charge in [-0.3, -0.25) is 9.59 Å². The Bertz CT molecular complexity index is 1100. The zero-order valence-electron chi connectivity index (χ0n) is 18.1. The number of carboxylic acids is 1. The number of amides is 1. The van der Waals surface area contributed by atoms with Gasteiger partial charge in [0.25, 0.3) is 0 Å². The van der Waals surface area contributed by atoms with Crippen LogP contribution < -0.4 is 15.4 Å². The highest BCUT2D eigenvalue weighted by atomic mass is 35.5. The molecule has 0 bridgehead atoms. The number of aliphatic carboxylic acids is 1. The molecular formula is C26H27ClN2O4. The second kappa shape index (κ2) is 11.0. The number of ether oxygens (including phenoxy) is 1. The molecule has 33 heavy (non-hydrogen) atoms. The average molecular weight is 467 g/mol. The maximum Gasteiger partial charge on any atom is 0.305 e. The number of nitrogens with zero attached hydrogens (tertiary/aromatic N) is 1. The normalized spacial score (nSPS) is 13.1. The molecule has 3 aromatic rings. The van der Waals surface area contributed by atoms with Gasteiger partial charge in [0.2, 0.25) is 5.91 Å². The van der Waals surface area contributed by atoms with Crippen molar-refractivity contribution in [1.82, 2.24) is 0 Å². The third kappa shape index (κ3) is 5.92. The highest BCUT2D eigenvalue weighted by Gasteiger charge is 2.29. The van der Waals surface area contributed by atoms with Crippen LogP contribution in [0.5, 0.6) is 5.75 Å². The molecular weight excluding hydrogens is 440 g/mol. The van der Waals surface area contributed by atoms with Gasteiger partial charge in [-0.05, 0) is 34.7 Å². The molecule has 0 aliphatic carbocycles. The van der Waals surface area contributed by atoms with Gasteiger partial charge in [-0.1, -0.05) is 60.7 Å². The van der Waals surface area contributed by atoms with Crippen molar-refractivity contribution in [2.24, 2.45) is 5.73 Å². The molecule has 1 heterocycles. The molecule has 7 heteroatoms. The molecule has 0 radical (unpaired) electrons. The highest BCUT2D eigenvalue weighted by molar-refractivity contribution is 6.00. The van der Waals surface area contributed by atoms with Gasteiger partial charge < -0.3 is 20.5 Å². The minimum absolute atomic E-state index is 0. The number of rotatable bonds is 8. The molecule has 3 aromatic carbocycles. The maximum atomic E-state index is 12.6. The zero-order valence-corrected chi connectivity index (χ0v) is 19.0. The van der Waals surface area contributed by atoms with Crippen LogP contribution in [0.1, 0.15) is 17.5 Å². The van der Waals surface area contributed by atoms with Crippen molar-refractivity contribution in [1.29, 1.82) is 0 Å². The summed E-state index contributed by atoms with van der Waals surface area (Å²) in [6.45, 7) is 1.01. The van der Waals surface area contributed by atoms with Crippen LogP contribution >= 0.6 is 12.4 Å². The molecule has 6 nitrogen and oxygen atoms in total. The molecule has 1 atom stereocenters. The van der Waals surface area contributed by atoms with Crippen molar-refractivity contribution in [2.75, 3.05) is 18.1 Å². The molecule has 1 amide bonds. The number of carboxylic acid groups (broad SMARTS) is 1. The van der Waals surface area contributed by atoms with Gasteiger partial charge in [0, 0.05) is 19.0 Å². The number of fused-ring (bicyclic) bond motifs is 1. The molecule has 0 aromatic heterocycles. The molecule has 0 saturated heterocycles. The molecule has 0 saturated carbocycles. The topological polar surface area (TPSA) is 92.9 Å². The fourth-order valence-electron chi connectivity index (χ4n) is 3.93. The summed E-state index contributed by atoms with van der Waals surface area (Å²) >= 11 is 0. The number of hydrogen-bond acceptors (Lipinski definition) is 4. The van der Waals surface area contributed by atoms with Gasteiger partial charge in [0.15, 0.2) is 0 Å². The van der Waals surface area contributed by atoms with Gasteiger partial charge in [0.1, 0.15) is 5.75 Å². The lowest BCUT2D eigenvalue weighted by Crippen LogP contribution is -2.44. The summed E-state index contributed by atoms with van der Waals surface area (Å²) in [5.74, 6) is -0.780. The van der Waals surface area contributed by atoms with E-state index in [9.17, 15) is 9.59 Å². The van der Waals surface area contributed by atoms with Gasteiger partial charge in [0.05, 0.1) is 24.8 Å². The third-order valence-corrected chi connectivity index (χ3v) is 5.65. The Hall–Kier alpha value is -3.35. The lowest BCUT2D eigenvalue weighted by atomic mass is 10.0. The first kappa shape index (κ1) is 24.3. The number of benzene rings is 3. The molecule has 3 N–H and O–H groups in total. The molecule has 0 spiro atoms. The quantitative estimate of drug-likeness (QED) is 0.521. The summed E-state index contributed by atoms with van der Waals surface area (Å²) in [5, 5.41) is 8.91. The Kier molecular flexibility index (Phi) is 8.09. The SMILES string of the molecule is Cl.NC(CC(=O)O)C(=O)N1CCc2ccc(OCCc3ccc(-c4ccccc4)cc3)cc21. The zero-order chi connectivity index (χ0) is 22.5. The molecule has 0 fully saturated rings. The van der Waals surface area contributed by atoms with E-state index in [0.717, 1.165) is 24.1 Å². The van der Waals surface area contributed by atoms with Crippen molar-refractivity contribution < 1.29 is 19.4 Å². The Morgan fingerprint density at radius 3 is 2.39 bits per heavy atom. The Morgan fingerprint density at radius 2 is 1.70 bits per heavy atom. The average Bonchev–Trinajstić information content (AvgIpc) is 3.22. The van der Waals surface area contributed by atoms with E-state index in [1.165, 1.54) is 16.7 Å². The summed E-state index contributed by atoms with van der Waals surface area (Å²) in [4.78, 5) is 25.0. The van der Waals surface area contributed by atoms with Crippen LogP contribution in [-0.2, 0) is 22.4 Å². The van der Waals surface area contributed by atoms with Crippen molar-refractivity contribution in [3.05, 3.63) is 83.9 Å². The van der Waals surface area contributed by atoms with Crippen LogP contribution in [0.2, 0.25) is 0 Å². The smallest absolute Gasteiger partial charge is 0.305 e. The first-order valence-electron chi connectivity index (χ1n) is 10.7. The summed E-state index contributed by atoms with van der Waals surface area (Å²) in [6.07, 6.45) is 1.09. The number of hydrogen-bond donors (Lipinski definition) is 2. The first-order valence-corrected chi connectivity index (χ1v) is 10.7. The molecule has 4 rings (SSSR count). The summed E-state index contributed by atoms with van der Waals surface area (Å²) < 4.78 is 5.94. The van der Waals surface area contributed by atoms with E-state index >= 15 is 0 Å². The van der Waals surface area contributed by atoms with Crippen LogP contribution in [0.15, 0.2) is 72.8 Å². The lowest BCUT2D eigenvalue weighted by Gasteiger charge is -2.21. The molecule has 1 aliphatic rings.